The summed E-state index contributed by atoms with van der Waals surface area (Å²) >= 11 is 0. The first-order valence-corrected chi connectivity index (χ1v) is 14.5. The molecule has 3 aromatic carbocycles. The number of aromatic amines is 1. The molecule has 5 rings (SSSR count). The normalized spacial score (nSPS) is 15.1. The first-order valence-electron chi connectivity index (χ1n) is 13.0. The van der Waals surface area contributed by atoms with Crippen molar-refractivity contribution >= 4 is 43.4 Å². The monoisotopic (exact) mass is 536 g/mol. The first kappa shape index (κ1) is 27.6. The highest BCUT2D eigenvalue weighted by Gasteiger charge is 2.24. The molecule has 0 aliphatic heterocycles. The van der Waals surface area contributed by atoms with E-state index in [0.717, 1.165) is 28.0 Å². The SMILES string of the molecule is CN(C)c1cccc2c(S(=O)(=O)NC(Cc3c[nH]c4ccccc34)C(=O)[O-])cccc12.[NH3+]C1CCCCC1. The molecule has 5 N–H and O–H groups in total. The van der Waals surface area contributed by atoms with Crippen LogP contribution in [0.3, 0.4) is 0 Å². The smallest absolute Gasteiger partial charge is 0.241 e. The van der Waals surface area contributed by atoms with Crippen LogP contribution in [0.4, 0.5) is 5.69 Å². The average Bonchev–Trinajstić information content (AvgIpc) is 3.31. The van der Waals surface area contributed by atoms with Gasteiger partial charge >= 0.3 is 0 Å². The Morgan fingerprint density at radius 3 is 2.32 bits per heavy atom. The molecule has 0 bridgehead atoms. The molecule has 0 saturated heterocycles. The molecule has 1 aromatic heterocycles. The molecule has 1 unspecified atom stereocenters. The Hall–Kier alpha value is -3.40. The molecule has 202 valence electrons. The lowest BCUT2D eigenvalue weighted by atomic mass is 9.97. The van der Waals surface area contributed by atoms with Crippen LogP contribution in [0, 0.1) is 0 Å². The maximum absolute atomic E-state index is 13.2. The van der Waals surface area contributed by atoms with Crippen LogP contribution in [0.15, 0.2) is 71.8 Å². The van der Waals surface area contributed by atoms with Crippen LogP contribution in [-0.2, 0) is 21.2 Å². The number of aromatic nitrogens is 1. The van der Waals surface area contributed by atoms with Crippen molar-refractivity contribution in [1.29, 1.82) is 0 Å². The van der Waals surface area contributed by atoms with Crippen molar-refractivity contribution in [3.05, 3.63) is 72.4 Å². The fourth-order valence-corrected chi connectivity index (χ4v) is 6.43. The Morgan fingerprint density at radius 1 is 1.00 bits per heavy atom. The van der Waals surface area contributed by atoms with Gasteiger partial charge in [-0.1, -0.05) is 48.9 Å². The number of carboxylic acids is 1. The summed E-state index contributed by atoms with van der Waals surface area (Å²) in [4.78, 5) is 16.8. The molecule has 1 aliphatic carbocycles. The number of hydrogen-bond acceptors (Lipinski definition) is 5. The summed E-state index contributed by atoms with van der Waals surface area (Å²) in [5, 5.41) is 13.9. The standard InChI is InChI=1S/C23H23N3O4S.C6H13N/c1-26(2)21-11-5-9-18-17(21)8-6-12-22(18)31(29,30)25-20(23(27)28)13-15-14-24-19-10-4-3-7-16(15)19;7-6-4-2-1-3-5-6/h3-12,14,20,24-25H,13H2,1-2H3,(H,27,28);6H,1-5,7H2. The third-order valence-corrected chi connectivity index (χ3v) is 8.57. The average molecular weight is 537 g/mol. The lowest BCUT2D eigenvalue weighted by molar-refractivity contribution is -0.425. The van der Waals surface area contributed by atoms with E-state index in [1.54, 1.807) is 24.4 Å². The number of carbonyl (C=O) groups excluding carboxylic acids is 1. The van der Waals surface area contributed by atoms with Gasteiger partial charge in [0.25, 0.3) is 0 Å². The molecule has 38 heavy (non-hydrogen) atoms. The quantitative estimate of drug-likeness (QED) is 0.334. The number of nitrogens with one attached hydrogen (secondary N) is 2. The fraction of sp³-hybridized carbons (Fsp3) is 0.345. The van der Waals surface area contributed by atoms with Crippen molar-refractivity contribution in [3.63, 3.8) is 0 Å². The second kappa shape index (κ2) is 12.0. The number of aliphatic carboxylic acids is 1. The summed E-state index contributed by atoms with van der Waals surface area (Å²) in [6, 6.07) is 17.2. The number of H-pyrrole nitrogens is 1. The van der Waals surface area contributed by atoms with Crippen LogP contribution in [-0.4, -0.2) is 45.6 Å². The zero-order chi connectivity index (χ0) is 27.3. The van der Waals surface area contributed by atoms with Crippen molar-refractivity contribution < 1.29 is 24.1 Å². The van der Waals surface area contributed by atoms with E-state index in [0.29, 0.717) is 10.9 Å². The highest BCUT2D eigenvalue weighted by atomic mass is 32.2. The zero-order valence-corrected chi connectivity index (χ0v) is 22.8. The molecule has 1 fully saturated rings. The van der Waals surface area contributed by atoms with Gasteiger partial charge in [0.05, 0.1) is 22.9 Å². The van der Waals surface area contributed by atoms with Gasteiger partial charge in [0.1, 0.15) is 0 Å². The van der Waals surface area contributed by atoms with Gasteiger partial charge < -0.3 is 25.5 Å². The topological polar surface area (TPSA) is 133 Å². The predicted octanol–water partition coefficient (Wildman–Crippen LogP) is 2.59. The molecule has 9 heteroatoms. The van der Waals surface area contributed by atoms with Crippen molar-refractivity contribution in [1.82, 2.24) is 9.71 Å². The number of nitrogens with zero attached hydrogens (tertiary/aromatic N) is 1. The molecule has 4 aromatic rings. The maximum Gasteiger partial charge on any atom is 0.241 e. The third kappa shape index (κ3) is 6.35. The molecule has 0 spiro atoms. The molecular formula is C29H36N4O4S. The van der Waals surface area contributed by atoms with Crippen molar-refractivity contribution in [2.75, 3.05) is 19.0 Å². The summed E-state index contributed by atoms with van der Waals surface area (Å²) in [6.07, 6.45) is 8.70. The highest BCUT2D eigenvalue weighted by molar-refractivity contribution is 7.89. The molecule has 1 heterocycles. The van der Waals surface area contributed by atoms with E-state index in [1.807, 2.05) is 55.4 Å². The number of fused-ring (bicyclic) bond motifs is 2. The van der Waals surface area contributed by atoms with Crippen LogP contribution in [0.1, 0.15) is 37.7 Å². The van der Waals surface area contributed by atoms with Gasteiger partial charge in [-0.3, -0.25) is 0 Å². The minimum atomic E-state index is -4.13. The molecule has 1 atom stereocenters. The van der Waals surface area contributed by atoms with E-state index in [-0.39, 0.29) is 11.3 Å². The van der Waals surface area contributed by atoms with Crippen LogP contribution in [0.25, 0.3) is 21.7 Å². The van der Waals surface area contributed by atoms with Gasteiger partial charge in [-0.05, 0) is 55.9 Å². The van der Waals surface area contributed by atoms with Gasteiger partial charge in [0.15, 0.2) is 0 Å². The number of sulfonamides is 1. The number of benzene rings is 3. The summed E-state index contributed by atoms with van der Waals surface area (Å²) in [6.45, 7) is 0. The minimum absolute atomic E-state index is 0.0267. The Bertz CT molecular complexity index is 1510. The number of carbonyl (C=O) groups is 1. The Labute approximate surface area is 223 Å². The number of para-hydroxylation sites is 1. The zero-order valence-electron chi connectivity index (χ0n) is 21.9. The summed E-state index contributed by atoms with van der Waals surface area (Å²) in [5.74, 6) is -1.48. The van der Waals surface area contributed by atoms with E-state index in [1.165, 1.54) is 38.2 Å². The van der Waals surface area contributed by atoms with E-state index >= 15 is 0 Å². The number of anilines is 1. The van der Waals surface area contributed by atoms with E-state index in [9.17, 15) is 18.3 Å². The lowest BCUT2D eigenvalue weighted by Crippen LogP contribution is -2.61. The summed E-state index contributed by atoms with van der Waals surface area (Å²) < 4.78 is 28.8. The third-order valence-electron chi connectivity index (χ3n) is 7.04. The highest BCUT2D eigenvalue weighted by Crippen LogP contribution is 2.30. The van der Waals surface area contributed by atoms with Crippen molar-refractivity contribution in [3.8, 4) is 0 Å². The fourth-order valence-electron chi connectivity index (χ4n) is 5.02. The van der Waals surface area contributed by atoms with Crippen LogP contribution in [0.5, 0.6) is 0 Å². The Kier molecular flexibility index (Phi) is 8.71. The second-order valence-electron chi connectivity index (χ2n) is 10.1. The van der Waals surface area contributed by atoms with Crippen molar-refractivity contribution in [2.24, 2.45) is 0 Å². The van der Waals surface area contributed by atoms with Gasteiger partial charge in [0.2, 0.25) is 10.0 Å². The Morgan fingerprint density at radius 2 is 1.66 bits per heavy atom. The number of rotatable bonds is 7. The number of hydrogen-bond donors (Lipinski definition) is 3. The van der Waals surface area contributed by atoms with Crippen LogP contribution in [0.2, 0.25) is 0 Å². The first-order chi connectivity index (χ1) is 18.2. The van der Waals surface area contributed by atoms with Crippen LogP contribution < -0.4 is 20.5 Å². The molecule has 1 saturated carbocycles. The lowest BCUT2D eigenvalue weighted by Gasteiger charge is -2.21. The Balaban J connectivity index is 0.000000417. The molecule has 8 nitrogen and oxygen atoms in total. The number of quaternary nitrogens is 1. The minimum Gasteiger partial charge on any atom is -0.548 e. The van der Waals surface area contributed by atoms with Crippen LogP contribution >= 0.6 is 0 Å². The van der Waals surface area contributed by atoms with Gasteiger partial charge in [0, 0.05) is 47.7 Å². The molecular weight excluding hydrogens is 500 g/mol. The predicted molar refractivity (Wildman–Crippen MR) is 149 cm³/mol. The van der Waals surface area contributed by atoms with E-state index in [4.69, 9.17) is 0 Å². The maximum atomic E-state index is 13.2. The van der Waals surface area contributed by atoms with E-state index < -0.39 is 22.0 Å². The van der Waals surface area contributed by atoms with Gasteiger partial charge in [-0.2, -0.15) is 0 Å². The molecule has 0 amide bonds. The summed E-state index contributed by atoms with van der Waals surface area (Å²) in [5.41, 5.74) is 6.41. The summed E-state index contributed by atoms with van der Waals surface area (Å²) in [7, 11) is -0.377. The molecule has 1 aliphatic rings. The van der Waals surface area contributed by atoms with Crippen molar-refractivity contribution in [2.45, 2.75) is 55.5 Å². The largest absolute Gasteiger partial charge is 0.548 e. The molecule has 0 radical (unpaired) electrons. The second-order valence-corrected chi connectivity index (χ2v) is 11.8. The van der Waals surface area contributed by atoms with Gasteiger partial charge in [-0.25, -0.2) is 13.1 Å². The number of carboxylic acid groups (broad SMARTS) is 1. The van der Waals surface area contributed by atoms with E-state index in [2.05, 4.69) is 15.4 Å². The van der Waals surface area contributed by atoms with Gasteiger partial charge in [-0.15, -0.1) is 0 Å².